The Morgan fingerprint density at radius 2 is 2.00 bits per heavy atom. The largest absolute Gasteiger partial charge is 0.295 e. The summed E-state index contributed by atoms with van der Waals surface area (Å²) in [4.78, 5) is 11.2. The summed E-state index contributed by atoms with van der Waals surface area (Å²) in [6.45, 7) is 11.8. The van der Waals surface area contributed by atoms with E-state index in [1.54, 1.807) is 0 Å². The van der Waals surface area contributed by atoms with Gasteiger partial charge in [-0.1, -0.05) is 25.5 Å². The van der Waals surface area contributed by atoms with Crippen LogP contribution in [0.2, 0.25) is 0 Å². The third kappa shape index (κ3) is 5.40. The molecule has 0 aromatic rings. The van der Waals surface area contributed by atoms with E-state index in [1.807, 2.05) is 26.8 Å². The van der Waals surface area contributed by atoms with Gasteiger partial charge in [0.25, 0.3) is 0 Å². The number of carbonyl (C=O) groups is 1. The number of Topliss-reactive ketones (excluding diaryl/α,β-unsaturated/α-hetero) is 1. The lowest BCUT2D eigenvalue weighted by molar-refractivity contribution is -0.115. The van der Waals surface area contributed by atoms with Crippen molar-refractivity contribution in [2.75, 3.05) is 0 Å². The fourth-order valence-corrected chi connectivity index (χ4v) is 1.41. The highest BCUT2D eigenvalue weighted by Gasteiger charge is 2.04. The molecule has 0 saturated carbocycles. The van der Waals surface area contributed by atoms with Crippen LogP contribution >= 0.6 is 0 Å². The Hall–Kier alpha value is -0.850. The van der Waals surface area contributed by atoms with Crippen molar-refractivity contribution in [3.05, 3.63) is 23.8 Å². The third-order valence-corrected chi connectivity index (χ3v) is 1.97. The first-order chi connectivity index (χ1) is 5.97. The van der Waals surface area contributed by atoms with Crippen molar-refractivity contribution in [3.63, 3.8) is 0 Å². The first-order valence-corrected chi connectivity index (χ1v) is 4.83. The van der Waals surface area contributed by atoms with Crippen LogP contribution in [0.3, 0.4) is 0 Å². The van der Waals surface area contributed by atoms with Crippen molar-refractivity contribution in [1.82, 2.24) is 0 Å². The van der Waals surface area contributed by atoms with Gasteiger partial charge in [-0.3, -0.25) is 4.79 Å². The number of hydrogen-bond donors (Lipinski definition) is 0. The van der Waals surface area contributed by atoms with E-state index in [0.29, 0.717) is 12.3 Å². The van der Waals surface area contributed by atoms with Crippen LogP contribution in [0.4, 0.5) is 0 Å². The number of carbonyl (C=O) groups excluding carboxylic acids is 1. The summed E-state index contributed by atoms with van der Waals surface area (Å²) in [7, 11) is 0. The molecule has 0 N–H and O–H groups in total. The third-order valence-electron chi connectivity index (χ3n) is 1.97. The summed E-state index contributed by atoms with van der Waals surface area (Å²) in [6.07, 6.45) is 3.61. The first kappa shape index (κ1) is 12.2. The lowest BCUT2D eigenvalue weighted by Gasteiger charge is -2.06. The maximum atomic E-state index is 11.2. The van der Waals surface area contributed by atoms with Gasteiger partial charge in [-0.2, -0.15) is 0 Å². The maximum absolute atomic E-state index is 11.2. The van der Waals surface area contributed by atoms with Crippen LogP contribution in [-0.4, -0.2) is 5.78 Å². The quantitative estimate of drug-likeness (QED) is 0.467. The summed E-state index contributed by atoms with van der Waals surface area (Å²) in [5, 5.41) is 0. The van der Waals surface area contributed by atoms with Crippen LogP contribution in [0.1, 0.15) is 40.5 Å². The van der Waals surface area contributed by atoms with Gasteiger partial charge in [0.1, 0.15) is 0 Å². The highest BCUT2D eigenvalue weighted by molar-refractivity contribution is 5.94. The molecule has 1 nitrogen and oxygen atoms in total. The van der Waals surface area contributed by atoms with Crippen molar-refractivity contribution in [2.45, 2.75) is 40.5 Å². The number of ketones is 1. The van der Waals surface area contributed by atoms with E-state index in [1.165, 1.54) is 5.57 Å². The van der Waals surface area contributed by atoms with Gasteiger partial charge in [-0.05, 0) is 31.8 Å². The minimum Gasteiger partial charge on any atom is -0.295 e. The average Bonchev–Trinajstić information content (AvgIpc) is 2.01. The summed E-state index contributed by atoms with van der Waals surface area (Å²) in [5.74, 6) is 0.668. The van der Waals surface area contributed by atoms with Crippen molar-refractivity contribution >= 4 is 5.78 Å². The Labute approximate surface area is 81.5 Å². The van der Waals surface area contributed by atoms with Crippen molar-refractivity contribution in [3.8, 4) is 0 Å². The van der Waals surface area contributed by atoms with Gasteiger partial charge < -0.3 is 0 Å². The predicted octanol–water partition coefficient (Wildman–Crippen LogP) is 3.51. The van der Waals surface area contributed by atoms with Crippen LogP contribution in [0.25, 0.3) is 0 Å². The average molecular weight is 180 g/mol. The fourth-order valence-electron chi connectivity index (χ4n) is 1.41. The zero-order valence-electron chi connectivity index (χ0n) is 9.18. The van der Waals surface area contributed by atoms with Crippen LogP contribution < -0.4 is 0 Å². The van der Waals surface area contributed by atoms with Gasteiger partial charge in [-0.25, -0.2) is 0 Å². The molecular weight excluding hydrogens is 160 g/mol. The van der Waals surface area contributed by atoms with Gasteiger partial charge in [0, 0.05) is 6.42 Å². The Balaban J connectivity index is 4.21. The zero-order chi connectivity index (χ0) is 10.4. The molecule has 0 aromatic heterocycles. The minimum atomic E-state index is 0.244. The van der Waals surface area contributed by atoms with Crippen LogP contribution in [-0.2, 0) is 4.79 Å². The molecule has 0 fully saturated rings. The molecular formula is C12H20O. The highest BCUT2D eigenvalue weighted by atomic mass is 16.1. The molecule has 1 atom stereocenters. The molecule has 0 rings (SSSR count). The number of rotatable bonds is 5. The van der Waals surface area contributed by atoms with Crippen LogP contribution in [0.15, 0.2) is 23.8 Å². The molecule has 0 amide bonds. The molecule has 0 aliphatic carbocycles. The molecule has 0 aliphatic rings. The smallest absolute Gasteiger partial charge is 0.157 e. The molecule has 0 bridgehead atoms. The van der Waals surface area contributed by atoms with Crippen molar-refractivity contribution in [2.24, 2.45) is 5.92 Å². The molecule has 0 aliphatic heterocycles. The summed E-state index contributed by atoms with van der Waals surface area (Å²) in [6, 6.07) is 0. The van der Waals surface area contributed by atoms with E-state index in [2.05, 4.69) is 13.5 Å². The zero-order valence-corrected chi connectivity index (χ0v) is 9.18. The highest BCUT2D eigenvalue weighted by Crippen LogP contribution is 2.13. The first-order valence-electron chi connectivity index (χ1n) is 4.83. The van der Waals surface area contributed by atoms with Crippen LogP contribution in [0, 0.1) is 5.92 Å². The Morgan fingerprint density at radius 3 is 2.38 bits per heavy atom. The standard InChI is InChI=1S/C12H20O/c1-6-12(13)11(5)8-10(4)7-9(2)3/h8,10H,2,6-7H2,1,3-5H3/b11-8+. The van der Waals surface area contributed by atoms with Gasteiger partial charge >= 0.3 is 0 Å². The van der Waals surface area contributed by atoms with Gasteiger partial charge in [0.15, 0.2) is 5.78 Å². The maximum Gasteiger partial charge on any atom is 0.157 e. The molecule has 0 saturated heterocycles. The summed E-state index contributed by atoms with van der Waals surface area (Å²) >= 11 is 0. The molecule has 74 valence electrons. The fraction of sp³-hybridized carbons (Fsp3) is 0.583. The second-order valence-electron chi connectivity index (χ2n) is 3.76. The summed E-state index contributed by atoms with van der Waals surface area (Å²) in [5.41, 5.74) is 2.05. The molecule has 1 heteroatoms. The predicted molar refractivity (Wildman–Crippen MR) is 57.7 cm³/mol. The van der Waals surface area contributed by atoms with E-state index >= 15 is 0 Å². The van der Waals surface area contributed by atoms with E-state index in [9.17, 15) is 4.79 Å². The van der Waals surface area contributed by atoms with E-state index in [4.69, 9.17) is 0 Å². The molecule has 0 radical (unpaired) electrons. The minimum absolute atomic E-state index is 0.244. The van der Waals surface area contributed by atoms with E-state index in [0.717, 1.165) is 12.0 Å². The monoisotopic (exact) mass is 180 g/mol. The molecule has 0 spiro atoms. The Kier molecular flexibility index (Phi) is 5.36. The normalized spacial score (nSPS) is 14.0. The lowest BCUT2D eigenvalue weighted by Crippen LogP contribution is -2.00. The van der Waals surface area contributed by atoms with Crippen LogP contribution in [0.5, 0.6) is 0 Å². The van der Waals surface area contributed by atoms with Gasteiger partial charge in [0.05, 0.1) is 0 Å². The SMILES string of the molecule is C=C(C)CC(C)/C=C(\C)C(=O)CC. The van der Waals surface area contributed by atoms with Crippen molar-refractivity contribution < 1.29 is 4.79 Å². The van der Waals surface area contributed by atoms with E-state index < -0.39 is 0 Å². The molecule has 0 aromatic carbocycles. The summed E-state index contributed by atoms with van der Waals surface area (Å²) < 4.78 is 0. The topological polar surface area (TPSA) is 17.1 Å². The molecule has 0 heterocycles. The Bertz CT molecular complexity index is 223. The number of hydrogen-bond acceptors (Lipinski definition) is 1. The second-order valence-corrected chi connectivity index (χ2v) is 3.76. The molecule has 1 unspecified atom stereocenters. The Morgan fingerprint density at radius 1 is 1.46 bits per heavy atom. The van der Waals surface area contributed by atoms with Crippen molar-refractivity contribution in [1.29, 1.82) is 0 Å². The van der Waals surface area contributed by atoms with Gasteiger partial charge in [0.2, 0.25) is 0 Å². The molecule has 13 heavy (non-hydrogen) atoms. The van der Waals surface area contributed by atoms with Gasteiger partial charge in [-0.15, -0.1) is 6.58 Å². The lowest BCUT2D eigenvalue weighted by atomic mass is 9.99. The van der Waals surface area contributed by atoms with E-state index in [-0.39, 0.29) is 5.78 Å². The second kappa shape index (κ2) is 5.74. The number of allylic oxidation sites excluding steroid dienone is 3.